The molecule has 2 heterocycles. The normalized spacial score (nSPS) is 18.9. The second-order valence-corrected chi connectivity index (χ2v) is 3.42. The van der Waals surface area contributed by atoms with Crippen LogP contribution < -0.4 is 5.32 Å². The Labute approximate surface area is 91.2 Å². The van der Waals surface area contributed by atoms with Crippen LogP contribution in [0.15, 0.2) is 18.3 Å². The largest absolute Gasteiger partial charge is 0.469 e. The summed E-state index contributed by atoms with van der Waals surface area (Å²) in [6.07, 6.45) is 1.51. The molecule has 84 valence electrons. The highest BCUT2D eigenvalue weighted by molar-refractivity contribution is 6.08. The van der Waals surface area contributed by atoms with E-state index in [1.54, 1.807) is 18.3 Å². The van der Waals surface area contributed by atoms with Crippen LogP contribution in [0.5, 0.6) is 0 Å². The summed E-state index contributed by atoms with van der Waals surface area (Å²) in [7, 11) is 1.25. The van der Waals surface area contributed by atoms with Gasteiger partial charge in [0.25, 0.3) is 11.8 Å². The van der Waals surface area contributed by atoms with Gasteiger partial charge in [0, 0.05) is 6.20 Å². The molecule has 0 bridgehead atoms. The van der Waals surface area contributed by atoms with Crippen LogP contribution in [-0.2, 0) is 14.3 Å². The van der Waals surface area contributed by atoms with E-state index in [1.165, 1.54) is 11.7 Å². The smallest absolute Gasteiger partial charge is 0.308 e. The molecule has 0 aromatic carbocycles. The maximum absolute atomic E-state index is 11.6. The van der Waals surface area contributed by atoms with Crippen molar-refractivity contribution in [2.75, 3.05) is 7.11 Å². The summed E-state index contributed by atoms with van der Waals surface area (Å²) in [5, 5.41) is 2.19. The monoisotopic (exact) mass is 222 g/mol. The molecule has 1 atom stereocenters. The van der Waals surface area contributed by atoms with Crippen molar-refractivity contribution in [1.82, 2.24) is 9.88 Å². The summed E-state index contributed by atoms with van der Waals surface area (Å²) in [5.74, 6) is -1.43. The summed E-state index contributed by atoms with van der Waals surface area (Å²) < 4.78 is 5.99. The predicted molar refractivity (Wildman–Crippen MR) is 52.6 cm³/mol. The zero-order valence-electron chi connectivity index (χ0n) is 8.60. The molecule has 1 aliphatic rings. The van der Waals surface area contributed by atoms with Crippen molar-refractivity contribution < 1.29 is 19.1 Å². The van der Waals surface area contributed by atoms with Crippen LogP contribution in [0.4, 0.5) is 0 Å². The van der Waals surface area contributed by atoms with Gasteiger partial charge in [-0.05, 0) is 12.1 Å². The zero-order valence-corrected chi connectivity index (χ0v) is 8.60. The molecular formula is C10H10N2O4. The van der Waals surface area contributed by atoms with E-state index >= 15 is 0 Å². The number of amides is 2. The molecule has 1 aromatic rings. The lowest BCUT2D eigenvalue weighted by atomic mass is 10.1. The fourth-order valence-corrected chi connectivity index (χ4v) is 1.68. The van der Waals surface area contributed by atoms with Crippen LogP contribution >= 0.6 is 0 Å². The number of esters is 1. The highest BCUT2D eigenvalue weighted by Crippen LogP contribution is 2.20. The number of nitrogens with zero attached hydrogens (tertiary/aromatic N) is 1. The van der Waals surface area contributed by atoms with Crippen LogP contribution in [0.25, 0.3) is 0 Å². The second-order valence-electron chi connectivity index (χ2n) is 3.42. The van der Waals surface area contributed by atoms with Gasteiger partial charge in [-0.2, -0.15) is 0 Å². The van der Waals surface area contributed by atoms with E-state index in [0.717, 1.165) is 0 Å². The number of methoxy groups -OCH3 is 1. The molecule has 0 aliphatic carbocycles. The molecule has 0 radical (unpaired) electrons. The quantitative estimate of drug-likeness (QED) is 0.558. The van der Waals surface area contributed by atoms with Gasteiger partial charge in [-0.25, -0.2) is 0 Å². The fourth-order valence-electron chi connectivity index (χ4n) is 1.68. The molecule has 6 heteroatoms. The molecule has 1 unspecified atom stereocenters. The van der Waals surface area contributed by atoms with Crippen molar-refractivity contribution in [3.8, 4) is 0 Å². The molecule has 0 fully saturated rings. The molecule has 2 amide bonds. The van der Waals surface area contributed by atoms with Crippen LogP contribution in [0.3, 0.4) is 0 Å². The zero-order chi connectivity index (χ0) is 11.7. The number of rotatable bonds is 2. The summed E-state index contributed by atoms with van der Waals surface area (Å²) in [6, 6.07) is 2.53. The minimum Gasteiger partial charge on any atom is -0.469 e. The molecule has 1 aromatic heterocycles. The minimum atomic E-state index is -0.713. The van der Waals surface area contributed by atoms with Crippen LogP contribution in [0.1, 0.15) is 23.0 Å². The third-order valence-electron chi connectivity index (χ3n) is 2.47. The van der Waals surface area contributed by atoms with Crippen LogP contribution in [0, 0.1) is 0 Å². The molecule has 0 spiro atoms. The first-order valence-corrected chi connectivity index (χ1v) is 4.72. The van der Waals surface area contributed by atoms with Crippen molar-refractivity contribution in [1.29, 1.82) is 0 Å². The second kappa shape index (κ2) is 3.80. The first kappa shape index (κ1) is 10.4. The topological polar surface area (TPSA) is 77.4 Å². The molecule has 16 heavy (non-hydrogen) atoms. The van der Waals surface area contributed by atoms with E-state index in [9.17, 15) is 14.4 Å². The van der Waals surface area contributed by atoms with E-state index in [0.29, 0.717) is 5.69 Å². The number of nitrogens with one attached hydrogen (secondary N) is 1. The van der Waals surface area contributed by atoms with E-state index in [2.05, 4.69) is 10.1 Å². The van der Waals surface area contributed by atoms with Gasteiger partial charge in [0.1, 0.15) is 11.7 Å². The first-order valence-electron chi connectivity index (χ1n) is 4.72. The first-order chi connectivity index (χ1) is 7.63. The number of ether oxygens (including phenoxy) is 1. The third kappa shape index (κ3) is 1.58. The lowest BCUT2D eigenvalue weighted by Crippen LogP contribution is -2.44. The Balaban J connectivity index is 2.33. The maximum atomic E-state index is 11.6. The Bertz CT molecular complexity index is 463. The third-order valence-corrected chi connectivity index (χ3v) is 2.47. The Kier molecular flexibility index (Phi) is 2.47. The number of carbonyl (C=O) groups excluding carboxylic acids is 3. The van der Waals surface area contributed by atoms with Crippen molar-refractivity contribution in [3.63, 3.8) is 0 Å². The van der Waals surface area contributed by atoms with Gasteiger partial charge in [-0.15, -0.1) is 0 Å². The number of carbonyl (C=O) groups is 3. The van der Waals surface area contributed by atoms with Gasteiger partial charge in [0.05, 0.1) is 13.5 Å². The van der Waals surface area contributed by atoms with Gasteiger partial charge in [0.2, 0.25) is 0 Å². The molecule has 1 N–H and O–H groups in total. The van der Waals surface area contributed by atoms with E-state index < -0.39 is 23.8 Å². The van der Waals surface area contributed by atoms with E-state index in [1.807, 2.05) is 0 Å². The highest BCUT2D eigenvalue weighted by atomic mass is 16.5. The van der Waals surface area contributed by atoms with E-state index in [4.69, 9.17) is 0 Å². The minimum absolute atomic E-state index is 0.0860. The Morgan fingerprint density at radius 2 is 2.31 bits per heavy atom. The average molecular weight is 222 g/mol. The number of aromatic nitrogens is 1. The molecule has 2 rings (SSSR count). The maximum Gasteiger partial charge on any atom is 0.308 e. The molecule has 0 saturated heterocycles. The van der Waals surface area contributed by atoms with Crippen LogP contribution in [-0.4, -0.2) is 29.5 Å². The molecule has 1 aliphatic heterocycles. The standard InChI is InChI=1S/C10H10N2O4/c1-16-8(13)5-7-10(15)11-9(14)6-3-2-4-12(6)7/h2-4,7H,5H2,1H3,(H,11,14,15). The van der Waals surface area contributed by atoms with Gasteiger partial charge >= 0.3 is 5.97 Å². The van der Waals surface area contributed by atoms with Crippen molar-refractivity contribution in [2.24, 2.45) is 0 Å². The van der Waals surface area contributed by atoms with E-state index in [-0.39, 0.29) is 6.42 Å². The fraction of sp³-hybridized carbons (Fsp3) is 0.300. The SMILES string of the molecule is COC(=O)CC1C(=O)NC(=O)c2cccn21. The van der Waals surface area contributed by atoms with Gasteiger partial charge < -0.3 is 9.30 Å². The van der Waals surface area contributed by atoms with Crippen molar-refractivity contribution in [3.05, 3.63) is 24.0 Å². The summed E-state index contributed by atoms with van der Waals surface area (Å²) in [4.78, 5) is 34.1. The number of hydrogen-bond donors (Lipinski definition) is 1. The van der Waals surface area contributed by atoms with Gasteiger partial charge in [-0.3, -0.25) is 19.7 Å². The number of hydrogen-bond acceptors (Lipinski definition) is 4. The summed E-state index contributed by atoms with van der Waals surface area (Å²) in [6.45, 7) is 0. The molecular weight excluding hydrogens is 212 g/mol. The molecule has 6 nitrogen and oxygen atoms in total. The average Bonchev–Trinajstić information content (AvgIpc) is 2.73. The van der Waals surface area contributed by atoms with Crippen molar-refractivity contribution >= 4 is 17.8 Å². The number of fused-ring (bicyclic) bond motifs is 1. The predicted octanol–water partition coefficient (Wildman–Crippen LogP) is -0.138. The van der Waals surface area contributed by atoms with Crippen molar-refractivity contribution in [2.45, 2.75) is 12.5 Å². The number of imide groups is 1. The summed E-state index contributed by atoms with van der Waals surface area (Å²) in [5.41, 5.74) is 0.369. The Morgan fingerprint density at radius 3 is 3.00 bits per heavy atom. The lowest BCUT2D eigenvalue weighted by Gasteiger charge is -2.23. The van der Waals surface area contributed by atoms with Gasteiger partial charge in [0.15, 0.2) is 0 Å². The summed E-state index contributed by atoms with van der Waals surface area (Å²) >= 11 is 0. The van der Waals surface area contributed by atoms with Crippen LogP contribution in [0.2, 0.25) is 0 Å². The van der Waals surface area contributed by atoms with Gasteiger partial charge in [-0.1, -0.05) is 0 Å². The highest BCUT2D eigenvalue weighted by Gasteiger charge is 2.32. The molecule has 0 saturated carbocycles. The lowest BCUT2D eigenvalue weighted by molar-refractivity contribution is -0.143. The Morgan fingerprint density at radius 1 is 1.56 bits per heavy atom. The Hall–Kier alpha value is -2.11.